The molecule has 2 rings (SSSR count). The van der Waals surface area contributed by atoms with Crippen molar-refractivity contribution in [2.45, 2.75) is 56.8 Å². The van der Waals surface area contributed by atoms with E-state index in [-0.39, 0.29) is 42.1 Å². The van der Waals surface area contributed by atoms with E-state index in [1.165, 1.54) is 5.56 Å². The van der Waals surface area contributed by atoms with Gasteiger partial charge in [0, 0.05) is 31.7 Å². The predicted octanol–water partition coefficient (Wildman–Crippen LogP) is 4.39. The zero-order valence-corrected chi connectivity index (χ0v) is 18.2. The standard InChI is InChI=1S/C19H29F3N4.HI/c1-15(16-8-4-3-5-9-16)26-18(10-6-7-11-18)14-25-17(23-2)24-13-12-19(20,21)22;/h3-5,8-9,15,26H,6-7,10-14H2,1-2H3,(H2,23,24,25);1H. The van der Waals surface area contributed by atoms with Gasteiger partial charge >= 0.3 is 6.18 Å². The molecule has 0 spiro atoms. The van der Waals surface area contributed by atoms with Crippen molar-refractivity contribution in [3.63, 3.8) is 0 Å². The lowest BCUT2D eigenvalue weighted by atomic mass is 9.94. The summed E-state index contributed by atoms with van der Waals surface area (Å²) >= 11 is 0. The van der Waals surface area contributed by atoms with Crippen LogP contribution in [0.4, 0.5) is 13.2 Å². The summed E-state index contributed by atoms with van der Waals surface area (Å²) in [6, 6.07) is 10.5. The maximum Gasteiger partial charge on any atom is 0.390 e. The van der Waals surface area contributed by atoms with E-state index in [9.17, 15) is 13.2 Å². The maximum atomic E-state index is 12.3. The van der Waals surface area contributed by atoms with Crippen LogP contribution >= 0.6 is 24.0 Å². The molecule has 4 nitrogen and oxygen atoms in total. The van der Waals surface area contributed by atoms with E-state index in [2.05, 4.69) is 40.0 Å². The molecule has 0 bridgehead atoms. The van der Waals surface area contributed by atoms with Gasteiger partial charge in [-0.05, 0) is 25.3 Å². The first kappa shape index (κ1) is 24.0. The van der Waals surface area contributed by atoms with Crippen LogP contribution < -0.4 is 16.0 Å². The number of nitrogens with zero attached hydrogens (tertiary/aromatic N) is 1. The van der Waals surface area contributed by atoms with Gasteiger partial charge in [-0.3, -0.25) is 4.99 Å². The Morgan fingerprint density at radius 3 is 2.33 bits per heavy atom. The number of alkyl halides is 3. The molecule has 1 unspecified atom stereocenters. The van der Waals surface area contributed by atoms with E-state index in [1.807, 2.05) is 18.2 Å². The van der Waals surface area contributed by atoms with Crippen LogP contribution in [0, 0.1) is 0 Å². The first-order valence-corrected chi connectivity index (χ1v) is 9.17. The van der Waals surface area contributed by atoms with Gasteiger partial charge in [-0.15, -0.1) is 24.0 Å². The number of nitrogens with one attached hydrogen (secondary N) is 3. The normalized spacial score (nSPS) is 17.9. The molecule has 0 aliphatic heterocycles. The molecule has 1 fully saturated rings. The number of halogens is 4. The maximum absolute atomic E-state index is 12.3. The van der Waals surface area contributed by atoms with Gasteiger partial charge in [0.05, 0.1) is 6.42 Å². The lowest BCUT2D eigenvalue weighted by Crippen LogP contribution is -2.54. The molecule has 1 atom stereocenters. The largest absolute Gasteiger partial charge is 0.390 e. The molecule has 0 radical (unpaired) electrons. The lowest BCUT2D eigenvalue weighted by Gasteiger charge is -2.35. The second-order valence-corrected chi connectivity index (χ2v) is 6.98. The van der Waals surface area contributed by atoms with Gasteiger partial charge in [0.2, 0.25) is 0 Å². The molecule has 1 aromatic carbocycles. The summed E-state index contributed by atoms with van der Waals surface area (Å²) in [4.78, 5) is 4.04. The summed E-state index contributed by atoms with van der Waals surface area (Å²) in [7, 11) is 1.57. The van der Waals surface area contributed by atoms with Crippen molar-refractivity contribution in [1.82, 2.24) is 16.0 Å². The van der Waals surface area contributed by atoms with E-state index in [4.69, 9.17) is 0 Å². The number of hydrogen-bond acceptors (Lipinski definition) is 2. The molecule has 0 amide bonds. The predicted molar refractivity (Wildman–Crippen MR) is 115 cm³/mol. The third-order valence-corrected chi connectivity index (χ3v) is 4.90. The lowest BCUT2D eigenvalue weighted by molar-refractivity contribution is -0.132. The Balaban J connectivity index is 0.00000364. The Kier molecular flexibility index (Phi) is 9.86. The van der Waals surface area contributed by atoms with Crippen LogP contribution in [0.1, 0.15) is 50.6 Å². The van der Waals surface area contributed by atoms with Crippen LogP contribution in [0.25, 0.3) is 0 Å². The minimum absolute atomic E-state index is 0. The second-order valence-electron chi connectivity index (χ2n) is 6.98. The average molecular weight is 498 g/mol. The zero-order valence-electron chi connectivity index (χ0n) is 15.9. The molecule has 1 aromatic rings. The van der Waals surface area contributed by atoms with Crippen molar-refractivity contribution in [1.29, 1.82) is 0 Å². The van der Waals surface area contributed by atoms with Crippen molar-refractivity contribution < 1.29 is 13.2 Å². The first-order chi connectivity index (χ1) is 12.3. The number of hydrogen-bond donors (Lipinski definition) is 3. The highest BCUT2D eigenvalue weighted by molar-refractivity contribution is 14.0. The summed E-state index contributed by atoms with van der Waals surface area (Å²) < 4.78 is 36.9. The van der Waals surface area contributed by atoms with Gasteiger partial charge < -0.3 is 16.0 Å². The van der Waals surface area contributed by atoms with Gasteiger partial charge in [0.25, 0.3) is 0 Å². The topological polar surface area (TPSA) is 48.5 Å². The smallest absolute Gasteiger partial charge is 0.356 e. The van der Waals surface area contributed by atoms with E-state index in [0.29, 0.717) is 12.5 Å². The van der Waals surface area contributed by atoms with Crippen molar-refractivity contribution in [2.24, 2.45) is 4.99 Å². The fourth-order valence-corrected chi connectivity index (χ4v) is 3.50. The molecule has 1 aliphatic rings. The van der Waals surface area contributed by atoms with E-state index in [1.54, 1.807) is 7.05 Å². The van der Waals surface area contributed by atoms with E-state index < -0.39 is 12.6 Å². The summed E-state index contributed by atoms with van der Waals surface area (Å²) in [5.74, 6) is 0.412. The minimum atomic E-state index is -4.16. The van der Waals surface area contributed by atoms with Crippen LogP contribution in [0.3, 0.4) is 0 Å². The molecule has 1 aliphatic carbocycles. The van der Waals surface area contributed by atoms with Crippen LogP contribution in [0.15, 0.2) is 35.3 Å². The molecule has 0 heterocycles. The molecule has 8 heteroatoms. The van der Waals surface area contributed by atoms with Crippen molar-refractivity contribution in [3.8, 4) is 0 Å². The summed E-state index contributed by atoms with van der Waals surface area (Å²) in [6.07, 6.45) is -0.659. The SMILES string of the molecule is CN=C(NCCC(F)(F)F)NCC1(NC(C)c2ccccc2)CCCC1.I. The average Bonchev–Trinajstić information content (AvgIpc) is 3.06. The number of benzene rings is 1. The molecule has 1 saturated carbocycles. The monoisotopic (exact) mass is 498 g/mol. The highest BCUT2D eigenvalue weighted by Gasteiger charge is 2.35. The molecule has 0 saturated heterocycles. The van der Waals surface area contributed by atoms with Crippen LogP contribution in [0.5, 0.6) is 0 Å². The van der Waals surface area contributed by atoms with Gasteiger partial charge in [-0.1, -0.05) is 43.2 Å². The summed E-state index contributed by atoms with van der Waals surface area (Å²) in [5.41, 5.74) is 1.16. The number of aliphatic imine (C=N–C) groups is 1. The highest BCUT2D eigenvalue weighted by Crippen LogP contribution is 2.31. The van der Waals surface area contributed by atoms with Crippen LogP contribution in [-0.4, -0.2) is 37.8 Å². The fourth-order valence-electron chi connectivity index (χ4n) is 3.50. The Morgan fingerprint density at radius 2 is 1.78 bits per heavy atom. The van der Waals surface area contributed by atoms with Crippen LogP contribution in [0.2, 0.25) is 0 Å². The number of rotatable bonds is 7. The van der Waals surface area contributed by atoms with Gasteiger partial charge in [0.1, 0.15) is 0 Å². The third-order valence-electron chi connectivity index (χ3n) is 4.90. The third kappa shape index (κ3) is 8.25. The molecular weight excluding hydrogens is 468 g/mol. The Bertz CT molecular complexity index is 572. The van der Waals surface area contributed by atoms with Crippen LogP contribution in [-0.2, 0) is 0 Å². The zero-order chi connectivity index (χ0) is 19.0. The van der Waals surface area contributed by atoms with Gasteiger partial charge in [-0.25, -0.2) is 0 Å². The molecular formula is C19H30F3IN4. The summed E-state index contributed by atoms with van der Waals surface area (Å²) in [6.45, 7) is 2.60. The fraction of sp³-hybridized carbons (Fsp3) is 0.632. The first-order valence-electron chi connectivity index (χ1n) is 9.17. The second kappa shape index (κ2) is 11.1. The van der Waals surface area contributed by atoms with Crippen molar-refractivity contribution in [2.75, 3.05) is 20.1 Å². The number of guanidine groups is 1. The molecule has 27 heavy (non-hydrogen) atoms. The Morgan fingerprint density at radius 1 is 1.15 bits per heavy atom. The molecule has 0 aromatic heterocycles. The van der Waals surface area contributed by atoms with Crippen molar-refractivity contribution >= 4 is 29.9 Å². The highest BCUT2D eigenvalue weighted by atomic mass is 127. The summed E-state index contributed by atoms with van der Waals surface area (Å²) in [5, 5.41) is 9.69. The minimum Gasteiger partial charge on any atom is -0.356 e. The van der Waals surface area contributed by atoms with Crippen molar-refractivity contribution in [3.05, 3.63) is 35.9 Å². The van der Waals surface area contributed by atoms with Gasteiger partial charge in [0.15, 0.2) is 5.96 Å². The van der Waals surface area contributed by atoms with Gasteiger partial charge in [-0.2, -0.15) is 13.2 Å². The quantitative estimate of drug-likeness (QED) is 0.297. The molecule has 154 valence electrons. The van der Waals surface area contributed by atoms with E-state index >= 15 is 0 Å². The Labute approximate surface area is 176 Å². The Hall–Kier alpha value is -1.03. The van der Waals surface area contributed by atoms with E-state index in [0.717, 1.165) is 25.7 Å². The molecule has 3 N–H and O–H groups in total.